The fourth-order valence-electron chi connectivity index (χ4n) is 4.51. The normalized spacial score (nSPS) is 19.1. The summed E-state index contributed by atoms with van der Waals surface area (Å²) in [5.41, 5.74) is 9.68. The number of carboxylic acid groups (broad SMARTS) is 1. The number of hydrogen-bond donors (Lipinski definition) is 2. The fourth-order valence-corrected chi connectivity index (χ4v) is 5.23. The van der Waals surface area contributed by atoms with Gasteiger partial charge in [0.1, 0.15) is 10.6 Å². The number of fused-ring (bicyclic) bond motifs is 2. The van der Waals surface area contributed by atoms with Crippen LogP contribution in [0.4, 0.5) is 5.82 Å². The average Bonchev–Trinajstić information content (AvgIpc) is 3.39. The van der Waals surface area contributed by atoms with Gasteiger partial charge in [-0.1, -0.05) is 0 Å². The van der Waals surface area contributed by atoms with Gasteiger partial charge in [-0.05, 0) is 50.1 Å². The van der Waals surface area contributed by atoms with E-state index in [1.807, 2.05) is 17.5 Å². The van der Waals surface area contributed by atoms with Gasteiger partial charge in [0, 0.05) is 28.6 Å². The third-order valence-electron chi connectivity index (χ3n) is 6.14. The third-order valence-corrected chi connectivity index (χ3v) is 6.98. The van der Waals surface area contributed by atoms with Crippen molar-refractivity contribution in [1.82, 2.24) is 19.6 Å². The molecule has 158 valence electrons. The fraction of sp³-hybridized carbons (Fsp3) is 0.318. The minimum absolute atomic E-state index is 0.0120. The van der Waals surface area contributed by atoms with Crippen molar-refractivity contribution in [2.45, 2.75) is 38.5 Å². The molecule has 0 radical (unpaired) electrons. The van der Waals surface area contributed by atoms with Gasteiger partial charge in [0.25, 0.3) is 0 Å². The molecule has 5 rings (SSSR count). The smallest absolute Gasteiger partial charge is 0.306 e. The van der Waals surface area contributed by atoms with Crippen molar-refractivity contribution >= 4 is 44.8 Å². The first-order valence-corrected chi connectivity index (χ1v) is 11.1. The Morgan fingerprint density at radius 3 is 2.71 bits per heavy atom. The number of carboxylic acids is 1. The summed E-state index contributed by atoms with van der Waals surface area (Å²) < 4.78 is 1.51. The lowest BCUT2D eigenvalue weighted by Gasteiger charge is -2.27. The van der Waals surface area contributed by atoms with E-state index >= 15 is 0 Å². The second-order valence-corrected chi connectivity index (χ2v) is 8.93. The standard InChI is InChI=1S/C22H21N5O3S/c1-11(28)17-18(12-2-4-13(5-3-12)22(29)30)26-20-16(10-25-27(20)19(17)23)15-8-14-6-7-31-21(14)24-9-15/h6-10,12-13H,2-5,23H2,1H3,(H,29,30). The van der Waals surface area contributed by atoms with Crippen LogP contribution in [0.2, 0.25) is 0 Å². The predicted octanol–water partition coefficient (Wildman–Crippen LogP) is 4.15. The minimum Gasteiger partial charge on any atom is -0.481 e. The SMILES string of the molecule is CC(=O)c1c(C2CCC(C(=O)O)CC2)nc2c(-c3cnc4sccc4c3)cnn2c1N. The van der Waals surface area contributed by atoms with Gasteiger partial charge in [-0.2, -0.15) is 9.61 Å². The van der Waals surface area contributed by atoms with E-state index in [2.05, 4.69) is 10.1 Å². The molecule has 3 N–H and O–H groups in total. The zero-order valence-corrected chi connectivity index (χ0v) is 17.7. The number of nitrogens with two attached hydrogens (primary N) is 1. The maximum Gasteiger partial charge on any atom is 0.306 e. The Kier molecular flexibility index (Phi) is 4.70. The van der Waals surface area contributed by atoms with Crippen LogP contribution in [0, 0.1) is 5.92 Å². The number of aliphatic carboxylic acids is 1. The molecule has 0 spiro atoms. The molecule has 0 amide bonds. The quantitative estimate of drug-likeness (QED) is 0.462. The highest BCUT2D eigenvalue weighted by Crippen LogP contribution is 2.39. The predicted molar refractivity (Wildman–Crippen MR) is 118 cm³/mol. The molecule has 1 saturated carbocycles. The number of pyridine rings is 1. The van der Waals surface area contributed by atoms with Crippen LogP contribution in [0.25, 0.3) is 27.0 Å². The summed E-state index contributed by atoms with van der Waals surface area (Å²) >= 11 is 1.58. The number of anilines is 1. The molecule has 4 heterocycles. The van der Waals surface area contributed by atoms with Gasteiger partial charge in [0.15, 0.2) is 11.4 Å². The second-order valence-electron chi connectivity index (χ2n) is 8.03. The zero-order chi connectivity index (χ0) is 21.7. The maximum atomic E-state index is 12.5. The van der Waals surface area contributed by atoms with Gasteiger partial charge in [0.2, 0.25) is 0 Å². The molecule has 1 fully saturated rings. The summed E-state index contributed by atoms with van der Waals surface area (Å²) in [5, 5.41) is 16.8. The lowest BCUT2D eigenvalue weighted by Crippen LogP contribution is -2.23. The lowest BCUT2D eigenvalue weighted by molar-refractivity contribution is -0.142. The molecule has 4 aromatic heterocycles. The van der Waals surface area contributed by atoms with E-state index in [1.165, 1.54) is 11.4 Å². The average molecular weight is 436 g/mol. The van der Waals surface area contributed by atoms with Crippen LogP contribution in [-0.4, -0.2) is 36.4 Å². The van der Waals surface area contributed by atoms with Crippen LogP contribution in [-0.2, 0) is 4.79 Å². The number of ketones is 1. The Labute approximate surface area is 181 Å². The van der Waals surface area contributed by atoms with Crippen molar-refractivity contribution in [2.75, 3.05) is 5.73 Å². The summed E-state index contributed by atoms with van der Waals surface area (Å²) in [6, 6.07) is 4.06. The molecule has 1 aliphatic carbocycles. The van der Waals surface area contributed by atoms with Crippen LogP contribution in [0.15, 0.2) is 29.9 Å². The largest absolute Gasteiger partial charge is 0.481 e. The van der Waals surface area contributed by atoms with Crippen LogP contribution in [0.1, 0.15) is 54.6 Å². The van der Waals surface area contributed by atoms with Gasteiger partial charge in [-0.15, -0.1) is 11.3 Å². The Morgan fingerprint density at radius 2 is 2.00 bits per heavy atom. The minimum atomic E-state index is -0.762. The number of aromatic nitrogens is 4. The van der Waals surface area contributed by atoms with Crippen molar-refractivity contribution in [3.8, 4) is 11.1 Å². The van der Waals surface area contributed by atoms with Crippen LogP contribution in [0.5, 0.6) is 0 Å². The number of nitrogen functional groups attached to an aromatic ring is 1. The number of hydrogen-bond acceptors (Lipinski definition) is 7. The highest BCUT2D eigenvalue weighted by molar-refractivity contribution is 7.16. The van der Waals surface area contributed by atoms with E-state index in [0.29, 0.717) is 42.6 Å². The first kappa shape index (κ1) is 19.6. The highest BCUT2D eigenvalue weighted by atomic mass is 32.1. The Morgan fingerprint density at radius 1 is 1.23 bits per heavy atom. The zero-order valence-electron chi connectivity index (χ0n) is 16.9. The van der Waals surface area contributed by atoms with Gasteiger partial charge < -0.3 is 10.8 Å². The highest BCUT2D eigenvalue weighted by Gasteiger charge is 2.31. The van der Waals surface area contributed by atoms with Gasteiger partial charge in [0.05, 0.1) is 23.4 Å². The molecule has 8 nitrogen and oxygen atoms in total. The monoisotopic (exact) mass is 435 g/mol. The molecule has 0 unspecified atom stereocenters. The molecule has 1 aliphatic rings. The van der Waals surface area contributed by atoms with E-state index in [-0.39, 0.29) is 23.4 Å². The van der Waals surface area contributed by atoms with Crippen molar-refractivity contribution < 1.29 is 14.7 Å². The molecule has 0 atom stereocenters. The summed E-state index contributed by atoms with van der Waals surface area (Å²) in [4.78, 5) is 34.2. The topological polar surface area (TPSA) is 123 Å². The van der Waals surface area contributed by atoms with Crippen molar-refractivity contribution in [2.24, 2.45) is 5.92 Å². The molecule has 9 heteroatoms. The molecular formula is C22H21N5O3S. The molecule has 0 aliphatic heterocycles. The molecule has 4 aromatic rings. The van der Waals surface area contributed by atoms with Gasteiger partial charge >= 0.3 is 5.97 Å². The summed E-state index contributed by atoms with van der Waals surface area (Å²) in [7, 11) is 0. The second kappa shape index (κ2) is 7.42. The number of Topliss-reactive ketones (excluding diaryl/α,β-unsaturated/α-hetero) is 1. The molecular weight excluding hydrogens is 414 g/mol. The van der Waals surface area contributed by atoms with Crippen molar-refractivity contribution in [1.29, 1.82) is 0 Å². The first-order chi connectivity index (χ1) is 14.9. The lowest BCUT2D eigenvalue weighted by atomic mass is 9.79. The Balaban J connectivity index is 1.64. The van der Waals surface area contributed by atoms with Crippen LogP contribution < -0.4 is 5.73 Å². The van der Waals surface area contributed by atoms with E-state index < -0.39 is 5.97 Å². The Bertz CT molecular complexity index is 1330. The number of nitrogens with zero attached hydrogens (tertiary/aromatic N) is 4. The molecule has 0 aromatic carbocycles. The van der Waals surface area contributed by atoms with E-state index in [0.717, 1.165) is 21.3 Å². The number of thiophene rings is 1. The van der Waals surface area contributed by atoms with Crippen LogP contribution in [0.3, 0.4) is 0 Å². The molecule has 0 saturated heterocycles. The van der Waals surface area contributed by atoms with Crippen molar-refractivity contribution in [3.63, 3.8) is 0 Å². The maximum absolute atomic E-state index is 12.5. The van der Waals surface area contributed by atoms with E-state index in [1.54, 1.807) is 23.7 Å². The first-order valence-electron chi connectivity index (χ1n) is 10.2. The number of carbonyl (C=O) groups excluding carboxylic acids is 1. The van der Waals surface area contributed by atoms with E-state index in [9.17, 15) is 14.7 Å². The Hall–Kier alpha value is -3.33. The summed E-state index contributed by atoms with van der Waals surface area (Å²) in [6.45, 7) is 1.48. The van der Waals surface area contributed by atoms with Gasteiger partial charge in [-0.25, -0.2) is 9.97 Å². The number of rotatable bonds is 4. The summed E-state index contributed by atoms with van der Waals surface area (Å²) in [6.07, 6.45) is 5.94. The van der Waals surface area contributed by atoms with Crippen LogP contribution >= 0.6 is 11.3 Å². The van der Waals surface area contributed by atoms with Crippen molar-refractivity contribution in [3.05, 3.63) is 41.2 Å². The number of carbonyl (C=O) groups is 2. The van der Waals surface area contributed by atoms with E-state index in [4.69, 9.17) is 10.7 Å². The summed E-state index contributed by atoms with van der Waals surface area (Å²) in [5.74, 6) is -1.01. The molecule has 0 bridgehead atoms. The van der Waals surface area contributed by atoms with Gasteiger partial charge in [-0.3, -0.25) is 9.59 Å². The third kappa shape index (κ3) is 3.25. The molecule has 31 heavy (non-hydrogen) atoms.